The van der Waals surface area contributed by atoms with E-state index in [-0.39, 0.29) is 17.9 Å². The molecule has 0 aliphatic rings. The van der Waals surface area contributed by atoms with Gasteiger partial charge >= 0.3 is 5.97 Å². The molecule has 1 amide bonds. The van der Waals surface area contributed by atoms with Gasteiger partial charge in [0.1, 0.15) is 0 Å². The highest BCUT2D eigenvalue weighted by molar-refractivity contribution is 5.91. The van der Waals surface area contributed by atoms with Crippen molar-refractivity contribution >= 4 is 11.9 Å². The van der Waals surface area contributed by atoms with E-state index in [0.717, 1.165) is 12.8 Å². The van der Waals surface area contributed by atoms with Crippen LogP contribution in [0.25, 0.3) is 0 Å². The van der Waals surface area contributed by atoms with E-state index in [1.54, 1.807) is 30.2 Å². The summed E-state index contributed by atoms with van der Waals surface area (Å²) in [6.07, 6.45) is 2.04. The molecule has 1 aromatic carbocycles. The summed E-state index contributed by atoms with van der Waals surface area (Å²) in [6, 6.07) is 6.63. The summed E-state index contributed by atoms with van der Waals surface area (Å²) in [6.45, 7) is 3.76. The molecule has 5 heteroatoms. The van der Waals surface area contributed by atoms with Crippen LogP contribution in [-0.4, -0.2) is 48.7 Å². The van der Waals surface area contributed by atoms with Crippen molar-refractivity contribution in [2.45, 2.75) is 26.2 Å². The van der Waals surface area contributed by atoms with Crippen LogP contribution < -0.4 is 0 Å². The third-order valence-electron chi connectivity index (χ3n) is 3.29. The van der Waals surface area contributed by atoms with Crippen LogP contribution in [-0.2, 0) is 16.0 Å². The lowest BCUT2D eigenvalue weighted by molar-refractivity contribution is -0.131. The van der Waals surface area contributed by atoms with Gasteiger partial charge in [-0.3, -0.25) is 4.79 Å². The van der Waals surface area contributed by atoms with E-state index in [0.29, 0.717) is 25.3 Å². The van der Waals surface area contributed by atoms with Crippen LogP contribution in [0.1, 0.15) is 35.7 Å². The number of amides is 1. The minimum atomic E-state index is -1.00. The molecule has 0 aromatic heterocycles. The highest BCUT2D eigenvalue weighted by atomic mass is 16.5. The second-order valence-electron chi connectivity index (χ2n) is 4.87. The largest absolute Gasteiger partial charge is 0.478 e. The van der Waals surface area contributed by atoms with Gasteiger partial charge in [-0.2, -0.15) is 0 Å². The molecule has 0 heterocycles. The molecule has 116 valence electrons. The number of aromatic carboxylic acids is 1. The first-order chi connectivity index (χ1) is 10.1. The Balaban J connectivity index is 2.78. The number of ether oxygens (including phenoxy) is 1. The van der Waals surface area contributed by atoms with Gasteiger partial charge in [0.25, 0.3) is 0 Å². The summed E-state index contributed by atoms with van der Waals surface area (Å²) < 4.78 is 5.03. The van der Waals surface area contributed by atoms with E-state index in [9.17, 15) is 9.59 Å². The quantitative estimate of drug-likeness (QED) is 0.758. The Morgan fingerprint density at radius 1 is 1.24 bits per heavy atom. The molecule has 5 nitrogen and oxygen atoms in total. The maximum absolute atomic E-state index is 12.4. The predicted octanol–water partition coefficient (Wildman–Crippen LogP) is 2.20. The molecule has 21 heavy (non-hydrogen) atoms. The summed E-state index contributed by atoms with van der Waals surface area (Å²) >= 11 is 0. The van der Waals surface area contributed by atoms with Crippen molar-refractivity contribution in [3.05, 3.63) is 35.4 Å². The van der Waals surface area contributed by atoms with Gasteiger partial charge in [0.15, 0.2) is 0 Å². The number of carbonyl (C=O) groups is 2. The van der Waals surface area contributed by atoms with Crippen molar-refractivity contribution in [2.75, 3.05) is 26.8 Å². The average Bonchev–Trinajstić information content (AvgIpc) is 2.47. The maximum Gasteiger partial charge on any atom is 0.335 e. The van der Waals surface area contributed by atoms with E-state index in [2.05, 4.69) is 6.92 Å². The Morgan fingerprint density at radius 3 is 2.57 bits per heavy atom. The van der Waals surface area contributed by atoms with E-state index in [4.69, 9.17) is 9.84 Å². The lowest BCUT2D eigenvalue weighted by Crippen LogP contribution is -2.36. The van der Waals surface area contributed by atoms with Crippen molar-refractivity contribution in [3.8, 4) is 0 Å². The number of carbonyl (C=O) groups excluding carboxylic acids is 1. The first kappa shape index (κ1) is 17.2. The van der Waals surface area contributed by atoms with Crippen LogP contribution in [0.5, 0.6) is 0 Å². The third-order valence-corrected chi connectivity index (χ3v) is 3.29. The van der Waals surface area contributed by atoms with Crippen LogP contribution in [0.4, 0.5) is 0 Å². The molecule has 0 radical (unpaired) electrons. The number of nitrogens with zero attached hydrogens (tertiary/aromatic N) is 1. The van der Waals surface area contributed by atoms with Gasteiger partial charge in [-0.15, -0.1) is 0 Å². The third kappa shape index (κ3) is 5.55. The fraction of sp³-hybridized carbons (Fsp3) is 0.500. The van der Waals surface area contributed by atoms with Crippen molar-refractivity contribution in [1.82, 2.24) is 4.90 Å². The Morgan fingerprint density at radius 2 is 1.95 bits per heavy atom. The summed E-state index contributed by atoms with van der Waals surface area (Å²) in [5.74, 6) is -1.07. The monoisotopic (exact) mass is 293 g/mol. The van der Waals surface area contributed by atoms with Crippen LogP contribution in [0.3, 0.4) is 0 Å². The number of carboxylic acid groups (broad SMARTS) is 1. The predicted molar refractivity (Wildman–Crippen MR) is 80.5 cm³/mol. The average molecular weight is 293 g/mol. The smallest absolute Gasteiger partial charge is 0.335 e. The zero-order valence-corrected chi connectivity index (χ0v) is 12.7. The zero-order valence-electron chi connectivity index (χ0n) is 12.7. The van der Waals surface area contributed by atoms with Crippen LogP contribution in [0.2, 0.25) is 0 Å². The molecule has 0 unspecified atom stereocenters. The highest BCUT2D eigenvalue weighted by Gasteiger charge is 2.17. The Kier molecular flexibility index (Phi) is 7.46. The minimum Gasteiger partial charge on any atom is -0.478 e. The van der Waals surface area contributed by atoms with Gasteiger partial charge in [-0.25, -0.2) is 4.79 Å². The molecular weight excluding hydrogens is 270 g/mol. The first-order valence-corrected chi connectivity index (χ1v) is 7.18. The molecule has 0 spiro atoms. The Labute approximate surface area is 125 Å². The van der Waals surface area contributed by atoms with E-state index < -0.39 is 5.97 Å². The van der Waals surface area contributed by atoms with E-state index in [1.807, 2.05) is 0 Å². The molecule has 0 atom stereocenters. The summed E-state index contributed by atoms with van der Waals surface area (Å²) in [4.78, 5) is 25.3. The number of hydrogen-bond acceptors (Lipinski definition) is 3. The molecular formula is C16H23NO4. The first-order valence-electron chi connectivity index (χ1n) is 7.18. The Bertz CT molecular complexity index is 465. The number of benzene rings is 1. The molecule has 0 aliphatic heterocycles. The fourth-order valence-corrected chi connectivity index (χ4v) is 2.07. The fourth-order valence-electron chi connectivity index (χ4n) is 2.07. The molecule has 1 rings (SSSR count). The van der Waals surface area contributed by atoms with Crippen LogP contribution in [0.15, 0.2) is 24.3 Å². The van der Waals surface area contributed by atoms with Crippen molar-refractivity contribution in [2.24, 2.45) is 0 Å². The summed E-state index contributed by atoms with van der Waals surface area (Å²) in [5.41, 5.74) is 0.738. The van der Waals surface area contributed by atoms with Gasteiger partial charge in [-0.05, 0) is 18.1 Å². The number of hydrogen-bond donors (Lipinski definition) is 1. The second-order valence-corrected chi connectivity index (χ2v) is 4.87. The number of unbranched alkanes of at least 4 members (excludes halogenated alkanes) is 1. The standard InChI is InChI=1S/C16H23NO4/c1-3-4-9-17(10-11-21-2)15(18)12-13-7-5-6-8-14(13)16(19)20/h5-8H,3-4,9-12H2,1-2H3,(H,19,20). The van der Waals surface area contributed by atoms with Gasteiger partial charge in [0, 0.05) is 20.2 Å². The number of rotatable bonds is 9. The number of carboxylic acids is 1. The van der Waals surface area contributed by atoms with E-state index >= 15 is 0 Å². The summed E-state index contributed by atoms with van der Waals surface area (Å²) in [5, 5.41) is 9.16. The summed E-state index contributed by atoms with van der Waals surface area (Å²) in [7, 11) is 1.60. The van der Waals surface area contributed by atoms with Crippen LogP contribution >= 0.6 is 0 Å². The Hall–Kier alpha value is -1.88. The zero-order chi connectivity index (χ0) is 15.7. The SMILES string of the molecule is CCCCN(CCOC)C(=O)Cc1ccccc1C(=O)O. The molecule has 0 saturated heterocycles. The van der Waals surface area contributed by atoms with Crippen molar-refractivity contribution < 1.29 is 19.4 Å². The lowest BCUT2D eigenvalue weighted by atomic mass is 10.0. The van der Waals surface area contributed by atoms with Crippen LogP contribution in [0, 0.1) is 0 Å². The van der Waals surface area contributed by atoms with Gasteiger partial charge in [-0.1, -0.05) is 31.5 Å². The van der Waals surface area contributed by atoms with Gasteiger partial charge in [0.2, 0.25) is 5.91 Å². The maximum atomic E-state index is 12.4. The molecule has 1 aromatic rings. The topological polar surface area (TPSA) is 66.8 Å². The van der Waals surface area contributed by atoms with E-state index in [1.165, 1.54) is 6.07 Å². The molecule has 0 bridgehead atoms. The molecule has 0 fully saturated rings. The molecule has 0 saturated carbocycles. The van der Waals surface area contributed by atoms with Crippen molar-refractivity contribution in [1.29, 1.82) is 0 Å². The number of methoxy groups -OCH3 is 1. The molecule has 0 aliphatic carbocycles. The molecule has 1 N–H and O–H groups in total. The minimum absolute atomic E-state index is 0.0609. The van der Waals surface area contributed by atoms with Gasteiger partial charge < -0.3 is 14.7 Å². The lowest BCUT2D eigenvalue weighted by Gasteiger charge is -2.22. The highest BCUT2D eigenvalue weighted by Crippen LogP contribution is 2.11. The van der Waals surface area contributed by atoms with Crippen molar-refractivity contribution in [3.63, 3.8) is 0 Å². The normalized spacial score (nSPS) is 10.4. The van der Waals surface area contributed by atoms with Gasteiger partial charge in [0.05, 0.1) is 18.6 Å². The second kappa shape index (κ2) is 9.13.